The van der Waals surface area contributed by atoms with Gasteiger partial charge in [0.2, 0.25) is 0 Å². The number of hydrogen-bond acceptors (Lipinski definition) is 3. The third kappa shape index (κ3) is 4.97. The predicted molar refractivity (Wildman–Crippen MR) is 59.2 cm³/mol. The average Bonchev–Trinajstić information content (AvgIpc) is 2.25. The lowest BCUT2D eigenvalue weighted by molar-refractivity contribution is -0.137. The second-order valence-corrected chi connectivity index (χ2v) is 3.84. The molecule has 0 aliphatic heterocycles. The fourth-order valence-corrected chi connectivity index (χ4v) is 1.14. The minimum Gasteiger partial charge on any atom is -0.481 e. The number of hydrogen-bond donors (Lipinski definition) is 2. The molecule has 0 aromatic heterocycles. The number of carboxylic acids is 1. The molecule has 1 unspecified atom stereocenters. The van der Waals surface area contributed by atoms with Crippen LogP contribution in [0.5, 0.6) is 0 Å². The third-order valence-electron chi connectivity index (χ3n) is 2.44. The van der Waals surface area contributed by atoms with Crippen LogP contribution in [0.4, 0.5) is 4.79 Å². The molecule has 0 bridgehead atoms. The lowest BCUT2D eigenvalue weighted by Crippen LogP contribution is -2.45. The quantitative estimate of drug-likeness (QED) is 0.686. The molecule has 0 spiro atoms. The molecule has 0 aliphatic carbocycles. The first kappa shape index (κ1) is 14.7. The van der Waals surface area contributed by atoms with Crippen molar-refractivity contribution in [3.8, 4) is 0 Å². The molecule has 0 rings (SSSR count). The van der Waals surface area contributed by atoms with Crippen LogP contribution in [0.1, 0.15) is 19.8 Å². The van der Waals surface area contributed by atoms with E-state index >= 15 is 0 Å². The molecule has 0 radical (unpaired) electrons. The van der Waals surface area contributed by atoms with Crippen LogP contribution in [0.3, 0.4) is 0 Å². The summed E-state index contributed by atoms with van der Waals surface area (Å²) in [5.41, 5.74) is 0. The first-order valence-electron chi connectivity index (χ1n) is 5.20. The molecule has 16 heavy (non-hydrogen) atoms. The Hall–Kier alpha value is -1.30. The number of amides is 2. The summed E-state index contributed by atoms with van der Waals surface area (Å²) in [7, 11) is 3.22. The summed E-state index contributed by atoms with van der Waals surface area (Å²) < 4.78 is 0. The van der Waals surface area contributed by atoms with Gasteiger partial charge in [-0.05, 0) is 13.3 Å². The number of aliphatic carboxylic acids is 1. The molecule has 0 saturated carbocycles. The van der Waals surface area contributed by atoms with Gasteiger partial charge in [-0.2, -0.15) is 0 Å². The Kier molecular flexibility index (Phi) is 6.48. The molecule has 6 nitrogen and oxygen atoms in total. The smallest absolute Gasteiger partial charge is 0.319 e. The molecule has 0 aromatic rings. The number of urea groups is 1. The molecule has 0 aliphatic rings. The summed E-state index contributed by atoms with van der Waals surface area (Å²) in [6.45, 7) is 2.04. The largest absolute Gasteiger partial charge is 0.481 e. The molecule has 0 heterocycles. The molecular formula is C10H20N2O4. The second kappa shape index (κ2) is 7.05. The molecule has 2 amide bonds. The molecule has 0 fully saturated rings. The Morgan fingerprint density at radius 3 is 2.31 bits per heavy atom. The lowest BCUT2D eigenvalue weighted by Gasteiger charge is -2.28. The topological polar surface area (TPSA) is 81.1 Å². The van der Waals surface area contributed by atoms with Gasteiger partial charge in [0.15, 0.2) is 0 Å². The van der Waals surface area contributed by atoms with Crippen molar-refractivity contribution in [1.82, 2.24) is 9.80 Å². The molecule has 6 heteroatoms. The van der Waals surface area contributed by atoms with Crippen molar-refractivity contribution in [2.45, 2.75) is 25.8 Å². The van der Waals surface area contributed by atoms with Crippen LogP contribution in [0.25, 0.3) is 0 Å². The van der Waals surface area contributed by atoms with Crippen molar-refractivity contribution in [1.29, 1.82) is 0 Å². The SMILES string of the molecule is CC(CO)N(C)C(=O)N(C)CCCC(=O)O. The Bertz CT molecular complexity index is 245. The lowest BCUT2D eigenvalue weighted by atomic mass is 10.3. The minimum atomic E-state index is -0.863. The van der Waals surface area contributed by atoms with Crippen molar-refractivity contribution >= 4 is 12.0 Å². The number of aliphatic hydroxyl groups is 1. The first-order chi connectivity index (χ1) is 7.40. The number of carboxylic acid groups (broad SMARTS) is 1. The Labute approximate surface area is 95.5 Å². The average molecular weight is 232 g/mol. The summed E-state index contributed by atoms with van der Waals surface area (Å²) in [6.07, 6.45) is 0.482. The van der Waals surface area contributed by atoms with Gasteiger partial charge in [-0.3, -0.25) is 4.79 Å². The van der Waals surface area contributed by atoms with E-state index in [0.29, 0.717) is 13.0 Å². The summed E-state index contributed by atoms with van der Waals surface area (Å²) >= 11 is 0. The Balaban J connectivity index is 4.02. The van der Waals surface area contributed by atoms with E-state index < -0.39 is 5.97 Å². The van der Waals surface area contributed by atoms with Gasteiger partial charge in [-0.1, -0.05) is 0 Å². The molecule has 2 N–H and O–H groups in total. The van der Waals surface area contributed by atoms with E-state index in [-0.39, 0.29) is 25.1 Å². The van der Waals surface area contributed by atoms with Crippen molar-refractivity contribution in [3.05, 3.63) is 0 Å². The van der Waals surface area contributed by atoms with Crippen LogP contribution in [0.15, 0.2) is 0 Å². The standard InChI is InChI=1S/C10H20N2O4/c1-8(7-13)12(3)10(16)11(2)6-4-5-9(14)15/h8,13H,4-7H2,1-3H3,(H,14,15). The van der Waals surface area contributed by atoms with Gasteiger partial charge in [0, 0.05) is 27.1 Å². The first-order valence-corrected chi connectivity index (χ1v) is 5.20. The van der Waals surface area contributed by atoms with Gasteiger partial charge in [-0.25, -0.2) is 4.79 Å². The maximum Gasteiger partial charge on any atom is 0.319 e. The van der Waals surface area contributed by atoms with E-state index in [1.807, 2.05) is 0 Å². The third-order valence-corrected chi connectivity index (χ3v) is 2.44. The van der Waals surface area contributed by atoms with E-state index in [2.05, 4.69) is 0 Å². The summed E-state index contributed by atoms with van der Waals surface area (Å²) in [4.78, 5) is 24.9. The highest BCUT2D eigenvalue weighted by Crippen LogP contribution is 2.02. The number of rotatable bonds is 6. The van der Waals surface area contributed by atoms with Crippen molar-refractivity contribution in [3.63, 3.8) is 0 Å². The van der Waals surface area contributed by atoms with E-state index in [9.17, 15) is 9.59 Å². The number of aliphatic hydroxyl groups excluding tert-OH is 1. The zero-order chi connectivity index (χ0) is 12.7. The normalized spacial score (nSPS) is 12.0. The van der Waals surface area contributed by atoms with Crippen LogP contribution in [-0.4, -0.2) is 65.3 Å². The fraction of sp³-hybridized carbons (Fsp3) is 0.800. The minimum absolute atomic E-state index is 0.0525. The van der Waals surface area contributed by atoms with E-state index in [0.717, 1.165) is 0 Å². The fourth-order valence-electron chi connectivity index (χ4n) is 1.14. The van der Waals surface area contributed by atoms with Gasteiger partial charge in [-0.15, -0.1) is 0 Å². The van der Waals surface area contributed by atoms with Crippen molar-refractivity contribution < 1.29 is 19.8 Å². The highest BCUT2D eigenvalue weighted by atomic mass is 16.4. The van der Waals surface area contributed by atoms with E-state index in [4.69, 9.17) is 10.2 Å². The number of carbonyl (C=O) groups is 2. The van der Waals surface area contributed by atoms with Gasteiger partial charge in [0.25, 0.3) is 0 Å². The maximum atomic E-state index is 11.7. The van der Waals surface area contributed by atoms with Gasteiger partial charge < -0.3 is 20.0 Å². The van der Waals surface area contributed by atoms with Gasteiger partial charge >= 0.3 is 12.0 Å². The molecule has 94 valence electrons. The van der Waals surface area contributed by atoms with Crippen molar-refractivity contribution in [2.24, 2.45) is 0 Å². The summed E-state index contributed by atoms with van der Waals surface area (Å²) in [5.74, 6) is -0.863. The van der Waals surface area contributed by atoms with Crippen LogP contribution < -0.4 is 0 Å². The molecule has 1 atom stereocenters. The van der Waals surface area contributed by atoms with Crippen LogP contribution in [-0.2, 0) is 4.79 Å². The van der Waals surface area contributed by atoms with E-state index in [1.54, 1.807) is 21.0 Å². The maximum absolute atomic E-state index is 11.7. The number of likely N-dealkylation sites (N-methyl/N-ethyl adjacent to an activating group) is 1. The van der Waals surface area contributed by atoms with Crippen LogP contribution >= 0.6 is 0 Å². The van der Waals surface area contributed by atoms with Crippen LogP contribution in [0, 0.1) is 0 Å². The Morgan fingerprint density at radius 1 is 1.31 bits per heavy atom. The van der Waals surface area contributed by atoms with Gasteiger partial charge in [0.1, 0.15) is 0 Å². The zero-order valence-electron chi connectivity index (χ0n) is 10.0. The van der Waals surface area contributed by atoms with Crippen molar-refractivity contribution in [2.75, 3.05) is 27.2 Å². The molecule has 0 aromatic carbocycles. The van der Waals surface area contributed by atoms with Gasteiger partial charge in [0.05, 0.1) is 12.6 Å². The summed E-state index contributed by atoms with van der Waals surface area (Å²) in [6, 6.07) is -0.457. The molecule has 0 saturated heterocycles. The monoisotopic (exact) mass is 232 g/mol. The second-order valence-electron chi connectivity index (χ2n) is 3.84. The summed E-state index contributed by atoms with van der Waals surface area (Å²) in [5, 5.41) is 17.3. The molecular weight excluding hydrogens is 212 g/mol. The number of nitrogens with zero attached hydrogens (tertiary/aromatic N) is 2. The highest BCUT2D eigenvalue weighted by molar-refractivity contribution is 5.74. The van der Waals surface area contributed by atoms with E-state index in [1.165, 1.54) is 9.80 Å². The highest BCUT2D eigenvalue weighted by Gasteiger charge is 2.18. The zero-order valence-corrected chi connectivity index (χ0v) is 10.0. The predicted octanol–water partition coefficient (Wildman–Crippen LogP) is 0.216. The van der Waals surface area contributed by atoms with Crippen LogP contribution in [0.2, 0.25) is 0 Å². The number of carbonyl (C=O) groups excluding carboxylic acids is 1. The Morgan fingerprint density at radius 2 is 1.88 bits per heavy atom.